The number of hydrogen-bond donors (Lipinski definition) is 0. The third-order valence-electron chi connectivity index (χ3n) is 4.32. The lowest BCUT2D eigenvalue weighted by Gasteiger charge is -2.20. The summed E-state index contributed by atoms with van der Waals surface area (Å²) in [4.78, 5) is 23.4. The molecule has 1 aromatic heterocycles. The van der Waals surface area contributed by atoms with Crippen molar-refractivity contribution in [3.63, 3.8) is 0 Å². The summed E-state index contributed by atoms with van der Waals surface area (Å²) in [6.45, 7) is 0. The summed E-state index contributed by atoms with van der Waals surface area (Å²) in [5.41, 5.74) is 4.71. The number of aromatic nitrogens is 2. The molecule has 4 nitrogen and oxygen atoms in total. The Kier molecular flexibility index (Phi) is 4.15. The third kappa shape index (κ3) is 2.93. The van der Waals surface area contributed by atoms with Gasteiger partial charge in [0.25, 0.3) is 5.91 Å². The number of carbonyl (C=O) groups is 1. The van der Waals surface area contributed by atoms with E-state index < -0.39 is 0 Å². The molecule has 0 saturated heterocycles. The summed E-state index contributed by atoms with van der Waals surface area (Å²) in [7, 11) is 1.76. The SMILES string of the molecule is CN(C(=O)c1cnc2ccccc2n1)c1ccccc1-c1ccccc1. The van der Waals surface area contributed by atoms with Crippen LogP contribution in [-0.4, -0.2) is 22.9 Å². The minimum absolute atomic E-state index is 0.188. The fraction of sp³-hybridized carbons (Fsp3) is 0.0455. The molecule has 0 fully saturated rings. The number of nitrogens with zero attached hydrogens (tertiary/aromatic N) is 3. The number of anilines is 1. The molecule has 126 valence electrons. The summed E-state index contributed by atoms with van der Waals surface area (Å²) in [5, 5.41) is 0. The predicted octanol–water partition coefficient (Wildman–Crippen LogP) is 4.57. The van der Waals surface area contributed by atoms with Crippen molar-refractivity contribution in [2.75, 3.05) is 11.9 Å². The van der Waals surface area contributed by atoms with Gasteiger partial charge in [-0.15, -0.1) is 0 Å². The molecule has 3 aromatic carbocycles. The van der Waals surface area contributed by atoms with E-state index in [1.807, 2.05) is 78.9 Å². The quantitative estimate of drug-likeness (QED) is 0.549. The van der Waals surface area contributed by atoms with Crippen LogP contribution >= 0.6 is 0 Å². The lowest BCUT2D eigenvalue weighted by Crippen LogP contribution is -2.27. The Morgan fingerprint density at radius 1 is 0.808 bits per heavy atom. The van der Waals surface area contributed by atoms with Gasteiger partial charge in [-0.05, 0) is 23.8 Å². The molecule has 0 N–H and O–H groups in total. The average molecular weight is 339 g/mol. The number of amides is 1. The zero-order valence-corrected chi connectivity index (χ0v) is 14.3. The molecule has 0 unspecified atom stereocenters. The van der Waals surface area contributed by atoms with Crippen LogP contribution in [0.4, 0.5) is 5.69 Å². The Morgan fingerprint density at radius 2 is 1.46 bits per heavy atom. The molecule has 1 amide bonds. The maximum absolute atomic E-state index is 13.0. The molecule has 0 aliphatic carbocycles. The molecule has 26 heavy (non-hydrogen) atoms. The van der Waals surface area contributed by atoms with E-state index in [9.17, 15) is 4.79 Å². The molecule has 4 aromatic rings. The van der Waals surface area contributed by atoms with Gasteiger partial charge in [0, 0.05) is 12.6 Å². The van der Waals surface area contributed by atoms with Crippen molar-refractivity contribution in [3.8, 4) is 11.1 Å². The largest absolute Gasteiger partial charge is 0.309 e. The summed E-state index contributed by atoms with van der Waals surface area (Å²) >= 11 is 0. The molecule has 0 aliphatic heterocycles. The second-order valence-corrected chi connectivity index (χ2v) is 5.99. The number of fused-ring (bicyclic) bond motifs is 1. The van der Waals surface area contributed by atoms with Crippen LogP contribution in [-0.2, 0) is 0 Å². The smallest absolute Gasteiger partial charge is 0.278 e. The fourth-order valence-electron chi connectivity index (χ4n) is 2.97. The van der Waals surface area contributed by atoms with Crippen LogP contribution in [0.2, 0.25) is 0 Å². The molecule has 0 aliphatic rings. The van der Waals surface area contributed by atoms with Crippen molar-refractivity contribution in [2.45, 2.75) is 0 Å². The minimum atomic E-state index is -0.188. The van der Waals surface area contributed by atoms with Gasteiger partial charge in [0.2, 0.25) is 0 Å². The van der Waals surface area contributed by atoms with Gasteiger partial charge in [-0.3, -0.25) is 9.78 Å². The number of benzene rings is 3. The van der Waals surface area contributed by atoms with Gasteiger partial charge in [0.15, 0.2) is 0 Å². The number of carbonyl (C=O) groups excluding carboxylic acids is 1. The number of para-hydroxylation sites is 3. The van der Waals surface area contributed by atoms with E-state index in [1.165, 1.54) is 6.20 Å². The van der Waals surface area contributed by atoms with Crippen molar-refractivity contribution in [1.82, 2.24) is 9.97 Å². The van der Waals surface area contributed by atoms with Crippen molar-refractivity contribution < 1.29 is 4.79 Å². The Bertz CT molecular complexity index is 1080. The van der Waals surface area contributed by atoms with Crippen LogP contribution in [0.15, 0.2) is 85.1 Å². The fourth-order valence-corrected chi connectivity index (χ4v) is 2.97. The Balaban J connectivity index is 1.73. The van der Waals surface area contributed by atoms with Crippen molar-refractivity contribution >= 4 is 22.6 Å². The van der Waals surface area contributed by atoms with E-state index in [0.717, 1.165) is 22.3 Å². The van der Waals surface area contributed by atoms with E-state index in [2.05, 4.69) is 9.97 Å². The second-order valence-electron chi connectivity index (χ2n) is 5.99. The van der Waals surface area contributed by atoms with E-state index in [1.54, 1.807) is 11.9 Å². The molecule has 4 rings (SSSR count). The molecule has 0 atom stereocenters. The van der Waals surface area contributed by atoms with Crippen LogP contribution in [0.1, 0.15) is 10.5 Å². The van der Waals surface area contributed by atoms with Crippen LogP contribution in [0.25, 0.3) is 22.2 Å². The van der Waals surface area contributed by atoms with Crippen molar-refractivity contribution in [1.29, 1.82) is 0 Å². The third-order valence-corrected chi connectivity index (χ3v) is 4.32. The first-order chi connectivity index (χ1) is 12.7. The van der Waals surface area contributed by atoms with E-state index >= 15 is 0 Å². The highest BCUT2D eigenvalue weighted by molar-refractivity contribution is 6.07. The van der Waals surface area contributed by atoms with Crippen molar-refractivity contribution in [3.05, 3.63) is 90.8 Å². The predicted molar refractivity (Wildman–Crippen MR) is 104 cm³/mol. The Morgan fingerprint density at radius 3 is 2.27 bits per heavy atom. The highest BCUT2D eigenvalue weighted by atomic mass is 16.2. The first-order valence-corrected chi connectivity index (χ1v) is 8.38. The summed E-state index contributed by atoms with van der Waals surface area (Å²) in [5.74, 6) is -0.188. The summed E-state index contributed by atoms with van der Waals surface area (Å²) in [6.07, 6.45) is 1.53. The van der Waals surface area contributed by atoms with Gasteiger partial charge in [-0.1, -0.05) is 60.7 Å². The monoisotopic (exact) mass is 339 g/mol. The van der Waals surface area contributed by atoms with Crippen LogP contribution < -0.4 is 4.90 Å². The lowest BCUT2D eigenvalue weighted by molar-refractivity contribution is 0.0988. The normalized spacial score (nSPS) is 10.7. The second kappa shape index (κ2) is 6.76. The maximum Gasteiger partial charge on any atom is 0.278 e. The van der Waals surface area contributed by atoms with Crippen LogP contribution in [0.5, 0.6) is 0 Å². The Hall–Kier alpha value is -3.53. The molecule has 1 heterocycles. The van der Waals surface area contributed by atoms with Crippen LogP contribution in [0.3, 0.4) is 0 Å². The standard InChI is InChI=1S/C22H17N3O/c1-25(21-14-8-5-11-17(21)16-9-3-2-4-10-16)22(26)20-15-23-18-12-6-7-13-19(18)24-20/h2-15H,1H3. The average Bonchev–Trinajstić information content (AvgIpc) is 2.73. The van der Waals surface area contributed by atoms with E-state index in [4.69, 9.17) is 0 Å². The van der Waals surface area contributed by atoms with Gasteiger partial charge in [-0.2, -0.15) is 0 Å². The number of hydrogen-bond acceptors (Lipinski definition) is 3. The van der Waals surface area contributed by atoms with Crippen molar-refractivity contribution in [2.24, 2.45) is 0 Å². The number of rotatable bonds is 3. The molecule has 4 heteroatoms. The zero-order valence-electron chi connectivity index (χ0n) is 14.3. The van der Waals surface area contributed by atoms with Gasteiger partial charge in [-0.25, -0.2) is 4.98 Å². The topological polar surface area (TPSA) is 46.1 Å². The molecular formula is C22H17N3O. The van der Waals surface area contributed by atoms with Gasteiger partial charge >= 0.3 is 0 Å². The van der Waals surface area contributed by atoms with E-state index in [-0.39, 0.29) is 5.91 Å². The highest BCUT2D eigenvalue weighted by Gasteiger charge is 2.18. The van der Waals surface area contributed by atoms with E-state index in [0.29, 0.717) is 11.2 Å². The first kappa shape index (κ1) is 16.0. The summed E-state index contributed by atoms with van der Waals surface area (Å²) in [6, 6.07) is 25.4. The molecule has 0 spiro atoms. The minimum Gasteiger partial charge on any atom is -0.309 e. The van der Waals surface area contributed by atoms with Gasteiger partial charge in [0.05, 0.1) is 22.9 Å². The summed E-state index contributed by atoms with van der Waals surface area (Å²) < 4.78 is 0. The van der Waals surface area contributed by atoms with Gasteiger partial charge in [0.1, 0.15) is 5.69 Å². The first-order valence-electron chi connectivity index (χ1n) is 8.38. The molecular weight excluding hydrogens is 322 g/mol. The molecule has 0 radical (unpaired) electrons. The zero-order chi connectivity index (χ0) is 17.9. The lowest BCUT2D eigenvalue weighted by atomic mass is 10.0. The molecule has 0 bridgehead atoms. The highest BCUT2D eigenvalue weighted by Crippen LogP contribution is 2.30. The van der Waals surface area contributed by atoms with Crippen LogP contribution in [0, 0.1) is 0 Å². The van der Waals surface area contributed by atoms with Gasteiger partial charge < -0.3 is 4.90 Å². The Labute approximate surface area is 151 Å². The molecule has 0 saturated carbocycles. The maximum atomic E-state index is 13.0.